The first kappa shape index (κ1) is 43.4. The number of likely N-dealkylation sites (N-methyl/N-ethyl adjacent to an activating group) is 1. The Bertz CT molecular complexity index is 1850. The number of aromatic amines is 2. The van der Waals surface area contributed by atoms with Gasteiger partial charge < -0.3 is 29.6 Å². The summed E-state index contributed by atoms with van der Waals surface area (Å²) in [5.74, 6) is 8.66. The molecule has 1 unspecified atom stereocenters. The number of hydrogen-bond donors (Lipinski definition) is 3. The van der Waals surface area contributed by atoms with Gasteiger partial charge in [0.1, 0.15) is 29.2 Å². The third-order valence-corrected chi connectivity index (χ3v) is 9.01. The van der Waals surface area contributed by atoms with E-state index in [0.29, 0.717) is 25.0 Å². The number of rotatable bonds is 7. The molecule has 2 aromatic carbocycles. The largest absolute Gasteiger partial charge is 0.471 e. The fourth-order valence-corrected chi connectivity index (χ4v) is 6.26. The normalized spacial score (nSPS) is 17.1. The van der Waals surface area contributed by atoms with E-state index in [1.54, 1.807) is 18.1 Å². The third kappa shape index (κ3) is 12.3. The number of methoxy groups -OCH3 is 1. The van der Waals surface area contributed by atoms with Crippen molar-refractivity contribution in [1.82, 2.24) is 35.1 Å². The van der Waals surface area contributed by atoms with Crippen molar-refractivity contribution in [3.63, 3.8) is 0 Å². The van der Waals surface area contributed by atoms with Crippen molar-refractivity contribution in [3.8, 4) is 23.1 Å². The topological polar surface area (TPSA) is 146 Å². The van der Waals surface area contributed by atoms with E-state index in [1.807, 2.05) is 60.7 Å². The lowest BCUT2D eigenvalue weighted by Crippen LogP contribution is -2.36. The Morgan fingerprint density at radius 1 is 0.944 bits per heavy atom. The minimum Gasteiger partial charge on any atom is -0.471 e. The van der Waals surface area contributed by atoms with Gasteiger partial charge in [-0.2, -0.15) is 0 Å². The molecule has 2 saturated heterocycles. The van der Waals surface area contributed by atoms with Crippen LogP contribution in [0.4, 0.5) is 4.79 Å². The number of aromatic nitrogens is 4. The van der Waals surface area contributed by atoms with Crippen LogP contribution in [0.5, 0.6) is 0 Å². The number of imidazole rings is 2. The quantitative estimate of drug-likeness (QED) is 0.130. The smallest absolute Gasteiger partial charge is 0.410 e. The van der Waals surface area contributed by atoms with Crippen LogP contribution < -0.4 is 5.32 Å². The van der Waals surface area contributed by atoms with E-state index in [-0.39, 0.29) is 18.2 Å². The maximum Gasteiger partial charge on any atom is 0.410 e. The van der Waals surface area contributed by atoms with Gasteiger partial charge in [-0.3, -0.25) is 14.6 Å². The fraction of sp³-hybridized carbons (Fsp3) is 0.500. The van der Waals surface area contributed by atoms with Crippen molar-refractivity contribution in [2.24, 2.45) is 5.92 Å². The zero-order valence-electron chi connectivity index (χ0n) is 33.7. The van der Waals surface area contributed by atoms with Crippen molar-refractivity contribution in [2.75, 3.05) is 34.3 Å². The molecule has 3 N–H and O–H groups in total. The molecule has 0 spiro atoms. The summed E-state index contributed by atoms with van der Waals surface area (Å²) < 4.78 is 9.45. The second-order valence-corrected chi connectivity index (χ2v) is 14.4. The van der Waals surface area contributed by atoms with Gasteiger partial charge >= 0.3 is 6.09 Å². The second-order valence-electron chi connectivity index (χ2n) is 14.4. The van der Waals surface area contributed by atoms with Crippen LogP contribution in [0.15, 0.2) is 48.8 Å². The van der Waals surface area contributed by atoms with Crippen LogP contribution in [0.2, 0.25) is 0 Å². The molecule has 4 aromatic rings. The summed E-state index contributed by atoms with van der Waals surface area (Å²) in [5.41, 5.74) is 3.30. The molecule has 12 nitrogen and oxygen atoms in total. The molecule has 2 aliphatic rings. The summed E-state index contributed by atoms with van der Waals surface area (Å²) in [6, 6.07) is 13.0. The van der Waals surface area contributed by atoms with Gasteiger partial charge in [0, 0.05) is 17.7 Å². The number of benzene rings is 2. The van der Waals surface area contributed by atoms with Crippen molar-refractivity contribution >= 4 is 29.6 Å². The van der Waals surface area contributed by atoms with Crippen LogP contribution in [0.1, 0.15) is 109 Å². The molecule has 2 aliphatic heterocycles. The lowest BCUT2D eigenvalue weighted by atomic mass is 10.0. The zero-order chi connectivity index (χ0) is 39.8. The molecule has 1 amide bonds. The van der Waals surface area contributed by atoms with Crippen LogP contribution in [0.25, 0.3) is 22.0 Å². The van der Waals surface area contributed by atoms with Gasteiger partial charge in [0.15, 0.2) is 0 Å². The van der Waals surface area contributed by atoms with Gasteiger partial charge in [0.2, 0.25) is 0 Å². The van der Waals surface area contributed by atoms with Gasteiger partial charge in [-0.15, -0.1) is 0 Å². The van der Waals surface area contributed by atoms with Crippen LogP contribution >= 0.6 is 0 Å². The van der Waals surface area contributed by atoms with E-state index in [1.165, 1.54) is 13.5 Å². The van der Waals surface area contributed by atoms with E-state index < -0.39 is 5.60 Å². The number of likely N-dealkylation sites (tertiary alicyclic amines) is 2. The molecule has 12 heteroatoms. The molecule has 0 radical (unpaired) electrons. The molecule has 2 aromatic heterocycles. The molecule has 4 heterocycles. The predicted molar refractivity (Wildman–Crippen MR) is 214 cm³/mol. The Labute approximate surface area is 320 Å². The number of carbonyl (C=O) groups is 3. The highest BCUT2D eigenvalue weighted by molar-refractivity contribution is 5.88. The highest BCUT2D eigenvalue weighted by Crippen LogP contribution is 2.32. The van der Waals surface area contributed by atoms with Gasteiger partial charge in [-0.1, -0.05) is 51.8 Å². The molecular formula is C42H59N7O5. The molecule has 6 rings (SSSR count). The van der Waals surface area contributed by atoms with Gasteiger partial charge in [-0.25, -0.2) is 14.8 Å². The highest BCUT2D eigenvalue weighted by Gasteiger charge is 2.34. The van der Waals surface area contributed by atoms with Crippen LogP contribution in [-0.2, 0) is 19.1 Å². The number of H-pyrrole nitrogens is 2. The molecule has 2 fully saturated rings. The summed E-state index contributed by atoms with van der Waals surface area (Å²) >= 11 is 0. The van der Waals surface area contributed by atoms with Crippen LogP contribution in [0.3, 0.4) is 0 Å². The lowest BCUT2D eigenvalue weighted by molar-refractivity contribution is -0.126. The molecule has 292 valence electrons. The highest BCUT2D eigenvalue weighted by atomic mass is 16.6. The van der Waals surface area contributed by atoms with Crippen molar-refractivity contribution in [3.05, 3.63) is 71.7 Å². The average Bonchev–Trinajstić information content (AvgIpc) is 3.99. The summed E-state index contributed by atoms with van der Waals surface area (Å²) in [6.45, 7) is 15.8. The minimum atomic E-state index is -0.527. The Morgan fingerprint density at radius 3 is 2.17 bits per heavy atom. The van der Waals surface area contributed by atoms with E-state index >= 15 is 0 Å². The summed E-state index contributed by atoms with van der Waals surface area (Å²) in [6.07, 6.45) is 8.46. The number of nitrogens with one attached hydrogen (secondary N) is 3. The van der Waals surface area contributed by atoms with Gasteiger partial charge in [-0.05, 0) is 108 Å². The average molecular weight is 742 g/mol. The van der Waals surface area contributed by atoms with Crippen LogP contribution in [-0.4, -0.2) is 94.5 Å². The van der Waals surface area contributed by atoms with Crippen molar-refractivity contribution < 1.29 is 23.9 Å². The maximum atomic E-state index is 12.7. The minimum absolute atomic E-state index is 0.0231. The molecule has 0 aliphatic carbocycles. The Morgan fingerprint density at radius 2 is 1.57 bits per heavy atom. The first-order valence-corrected chi connectivity index (χ1v) is 18.8. The molecule has 0 saturated carbocycles. The third-order valence-electron chi connectivity index (χ3n) is 9.01. The Kier molecular flexibility index (Phi) is 16.9. The van der Waals surface area contributed by atoms with E-state index in [0.717, 1.165) is 77.0 Å². The predicted octanol–water partition coefficient (Wildman–Crippen LogP) is 7.44. The fourth-order valence-electron chi connectivity index (χ4n) is 6.26. The van der Waals surface area contributed by atoms with Crippen molar-refractivity contribution in [1.29, 1.82) is 0 Å². The first-order chi connectivity index (χ1) is 25.9. The molecule has 54 heavy (non-hydrogen) atoms. The van der Waals surface area contributed by atoms with Gasteiger partial charge in [0.05, 0.1) is 43.3 Å². The van der Waals surface area contributed by atoms with Crippen LogP contribution in [0, 0.1) is 17.8 Å². The molecular weight excluding hydrogens is 683 g/mol. The van der Waals surface area contributed by atoms with Crippen molar-refractivity contribution in [2.45, 2.75) is 97.9 Å². The zero-order valence-corrected chi connectivity index (χ0v) is 33.7. The number of nitrogens with zero attached hydrogens (tertiary/aromatic N) is 4. The SMILES string of the molecule is CC.CN1CCC[C@H]1c1ncc(-c2ccc3cc(C#Cc4cnc([C@@H]5CCCN5C(=O)OC(C)(C)C)[nH]4)ccc3c2)[nH]1.CNC(C=O)C(C)C.COC=O. The number of carbonyl (C=O) groups excluding carboxylic acids is 3. The van der Waals surface area contributed by atoms with E-state index in [2.05, 4.69) is 84.1 Å². The standard InChI is InChI=1S/C32H36N6O2.C6H13NO.C2H4O2.C2H6/c1-32(2,3)40-31(39)38-16-6-8-28(38)30-33-19-25(35-30)14-10-21-9-11-23-18-24(13-12-22(23)17-21)26-20-34-29(36-26)27-7-5-15-37(27)4;1-5(2)6(4-8)7-3;1-4-2-3;1-2/h9,11-13,17-20,27-28H,5-8,15-16H2,1-4H3,(H,33,35)(H,34,36);4-7H,1-3H3;2H,1H3;1-2H3/t27-,28-;;;/m0.../s1. The van der Waals surface area contributed by atoms with Gasteiger partial charge in [0.25, 0.3) is 6.47 Å². The lowest BCUT2D eigenvalue weighted by Gasteiger charge is -2.27. The molecule has 0 bridgehead atoms. The Balaban J connectivity index is 0.000000482. The summed E-state index contributed by atoms with van der Waals surface area (Å²) in [7, 11) is 5.27. The number of hydrogen-bond acceptors (Lipinski definition) is 9. The number of fused-ring (bicyclic) bond motifs is 1. The first-order valence-electron chi connectivity index (χ1n) is 18.8. The summed E-state index contributed by atoms with van der Waals surface area (Å²) in [5, 5.41) is 5.17. The summed E-state index contributed by atoms with van der Waals surface area (Å²) in [4.78, 5) is 51.9. The number of amides is 1. The maximum absolute atomic E-state index is 12.7. The van der Waals surface area contributed by atoms with E-state index in [4.69, 9.17) is 9.53 Å². The molecule has 3 atom stereocenters. The van der Waals surface area contributed by atoms with E-state index in [9.17, 15) is 9.59 Å². The second kappa shape index (κ2) is 21.0. The Hall–Kier alpha value is -4.99. The number of ether oxygens (including phenoxy) is 2. The number of aldehydes is 1. The monoisotopic (exact) mass is 741 g/mol.